The molecule has 0 radical (unpaired) electrons. The molecule has 0 fully saturated rings. The van der Waals surface area contributed by atoms with E-state index < -0.39 is 0 Å². The maximum atomic E-state index is 12.1. The standard InChI is InChI=1S/C14H28N2O3/c1-5-12(6-2)10-16(11-14(18)19-4)13(17)8-7-9-15-3/h12,15H,5-11H2,1-4H3. The number of carbonyl (C=O) groups excluding carboxylic acids is 2. The minimum Gasteiger partial charge on any atom is -0.468 e. The predicted molar refractivity (Wildman–Crippen MR) is 75.8 cm³/mol. The van der Waals surface area contributed by atoms with Gasteiger partial charge in [0, 0.05) is 13.0 Å². The molecule has 0 aromatic carbocycles. The quantitative estimate of drug-likeness (QED) is 0.483. The van der Waals surface area contributed by atoms with Gasteiger partial charge in [-0.25, -0.2) is 0 Å². The SMILES string of the molecule is CCC(CC)CN(CC(=O)OC)C(=O)CCCNC. The van der Waals surface area contributed by atoms with Crippen LogP contribution < -0.4 is 5.32 Å². The minimum absolute atomic E-state index is 0.0348. The van der Waals surface area contributed by atoms with Gasteiger partial charge in [0.1, 0.15) is 6.54 Å². The van der Waals surface area contributed by atoms with Crippen molar-refractivity contribution in [3.8, 4) is 0 Å². The van der Waals surface area contributed by atoms with E-state index in [1.807, 2.05) is 7.05 Å². The Kier molecular flexibility index (Phi) is 10.2. The molecule has 1 amide bonds. The van der Waals surface area contributed by atoms with Crippen LogP contribution in [0, 0.1) is 5.92 Å². The summed E-state index contributed by atoms with van der Waals surface area (Å²) in [7, 11) is 3.21. The normalized spacial score (nSPS) is 10.6. The lowest BCUT2D eigenvalue weighted by atomic mass is 10.0. The summed E-state index contributed by atoms with van der Waals surface area (Å²) in [6, 6.07) is 0. The molecule has 5 nitrogen and oxygen atoms in total. The van der Waals surface area contributed by atoms with Crippen molar-refractivity contribution in [3.63, 3.8) is 0 Å². The second-order valence-corrected chi connectivity index (χ2v) is 4.74. The summed E-state index contributed by atoms with van der Waals surface area (Å²) in [5.41, 5.74) is 0. The van der Waals surface area contributed by atoms with Gasteiger partial charge in [0.25, 0.3) is 0 Å². The van der Waals surface area contributed by atoms with Crippen molar-refractivity contribution in [1.82, 2.24) is 10.2 Å². The highest BCUT2D eigenvalue weighted by atomic mass is 16.5. The van der Waals surface area contributed by atoms with Crippen LogP contribution in [0.4, 0.5) is 0 Å². The fraction of sp³-hybridized carbons (Fsp3) is 0.857. The van der Waals surface area contributed by atoms with Gasteiger partial charge < -0.3 is 15.0 Å². The van der Waals surface area contributed by atoms with Gasteiger partial charge in [-0.15, -0.1) is 0 Å². The maximum Gasteiger partial charge on any atom is 0.325 e. The maximum absolute atomic E-state index is 12.1. The van der Waals surface area contributed by atoms with Gasteiger partial charge in [-0.3, -0.25) is 9.59 Å². The topological polar surface area (TPSA) is 58.6 Å². The molecule has 0 heterocycles. The Morgan fingerprint density at radius 3 is 2.37 bits per heavy atom. The van der Waals surface area contributed by atoms with Crippen molar-refractivity contribution in [2.75, 3.05) is 33.8 Å². The third-order valence-electron chi connectivity index (χ3n) is 3.35. The zero-order chi connectivity index (χ0) is 14.7. The molecular formula is C14H28N2O3. The van der Waals surface area contributed by atoms with Crippen LogP contribution in [-0.2, 0) is 14.3 Å². The number of esters is 1. The van der Waals surface area contributed by atoms with Crippen LogP contribution >= 0.6 is 0 Å². The number of nitrogens with zero attached hydrogens (tertiary/aromatic N) is 1. The van der Waals surface area contributed by atoms with Gasteiger partial charge in [0.05, 0.1) is 7.11 Å². The molecule has 0 atom stereocenters. The molecule has 19 heavy (non-hydrogen) atoms. The molecule has 0 spiro atoms. The number of carbonyl (C=O) groups is 2. The number of hydrogen-bond acceptors (Lipinski definition) is 4. The van der Waals surface area contributed by atoms with Crippen LogP contribution in [0.3, 0.4) is 0 Å². The Balaban J connectivity index is 4.46. The van der Waals surface area contributed by atoms with Crippen LogP contribution in [0.2, 0.25) is 0 Å². The third kappa shape index (κ3) is 7.82. The van der Waals surface area contributed by atoms with E-state index in [0.717, 1.165) is 25.8 Å². The first-order valence-electron chi connectivity index (χ1n) is 7.08. The van der Waals surface area contributed by atoms with Gasteiger partial charge in [0.2, 0.25) is 5.91 Å². The van der Waals surface area contributed by atoms with Gasteiger partial charge in [-0.2, -0.15) is 0 Å². The zero-order valence-electron chi connectivity index (χ0n) is 12.7. The van der Waals surface area contributed by atoms with Gasteiger partial charge in [-0.05, 0) is 25.9 Å². The first kappa shape index (κ1) is 17.9. The van der Waals surface area contributed by atoms with E-state index in [2.05, 4.69) is 23.9 Å². The lowest BCUT2D eigenvalue weighted by Gasteiger charge is -2.25. The summed E-state index contributed by atoms with van der Waals surface area (Å²) in [4.78, 5) is 25.2. The van der Waals surface area contributed by atoms with Crippen molar-refractivity contribution < 1.29 is 14.3 Å². The molecule has 0 aromatic rings. The van der Waals surface area contributed by atoms with E-state index in [4.69, 9.17) is 0 Å². The van der Waals surface area contributed by atoms with Gasteiger partial charge in [0.15, 0.2) is 0 Å². The highest BCUT2D eigenvalue weighted by molar-refractivity contribution is 5.82. The van der Waals surface area contributed by atoms with Crippen LogP contribution in [0.1, 0.15) is 39.5 Å². The van der Waals surface area contributed by atoms with E-state index in [9.17, 15) is 9.59 Å². The van der Waals surface area contributed by atoms with Gasteiger partial charge >= 0.3 is 5.97 Å². The smallest absolute Gasteiger partial charge is 0.325 e. The first-order chi connectivity index (χ1) is 9.08. The monoisotopic (exact) mass is 272 g/mol. The van der Waals surface area contributed by atoms with Crippen molar-refractivity contribution in [2.24, 2.45) is 5.92 Å². The van der Waals surface area contributed by atoms with Crippen molar-refractivity contribution in [2.45, 2.75) is 39.5 Å². The van der Waals surface area contributed by atoms with Crippen LogP contribution in [0.15, 0.2) is 0 Å². The summed E-state index contributed by atoms with van der Waals surface area (Å²) in [6.07, 6.45) is 3.28. The van der Waals surface area contributed by atoms with Crippen molar-refractivity contribution in [1.29, 1.82) is 0 Å². The van der Waals surface area contributed by atoms with Crippen molar-refractivity contribution in [3.05, 3.63) is 0 Å². The number of hydrogen-bond donors (Lipinski definition) is 1. The molecule has 0 aromatic heterocycles. The molecule has 5 heteroatoms. The fourth-order valence-electron chi connectivity index (χ4n) is 1.91. The summed E-state index contributed by atoms with van der Waals surface area (Å²) in [5.74, 6) is 0.123. The Labute approximate surface area is 116 Å². The molecule has 0 aliphatic rings. The number of amides is 1. The second-order valence-electron chi connectivity index (χ2n) is 4.74. The summed E-state index contributed by atoms with van der Waals surface area (Å²) < 4.78 is 4.66. The first-order valence-corrected chi connectivity index (χ1v) is 7.08. The van der Waals surface area contributed by atoms with E-state index >= 15 is 0 Å². The highest BCUT2D eigenvalue weighted by Gasteiger charge is 2.19. The Morgan fingerprint density at radius 1 is 1.26 bits per heavy atom. The largest absolute Gasteiger partial charge is 0.468 e. The van der Waals surface area contributed by atoms with E-state index in [0.29, 0.717) is 18.9 Å². The second kappa shape index (κ2) is 10.8. The molecule has 0 saturated heterocycles. The molecule has 0 aliphatic carbocycles. The Hall–Kier alpha value is -1.10. The molecule has 112 valence electrons. The summed E-state index contributed by atoms with van der Waals surface area (Å²) in [5, 5.41) is 3.01. The third-order valence-corrected chi connectivity index (χ3v) is 3.35. The van der Waals surface area contributed by atoms with Gasteiger partial charge in [-0.1, -0.05) is 26.7 Å². The lowest BCUT2D eigenvalue weighted by Crippen LogP contribution is -2.39. The lowest BCUT2D eigenvalue weighted by molar-refractivity contribution is -0.147. The number of ether oxygens (including phenoxy) is 1. The molecule has 0 rings (SSSR count). The Bertz CT molecular complexity index is 265. The minimum atomic E-state index is -0.354. The number of rotatable bonds is 10. The van der Waals surface area contributed by atoms with Crippen LogP contribution in [-0.4, -0.2) is 50.6 Å². The van der Waals surface area contributed by atoms with E-state index in [1.54, 1.807) is 4.90 Å². The van der Waals surface area contributed by atoms with E-state index in [1.165, 1.54) is 7.11 Å². The number of nitrogens with one attached hydrogen (secondary N) is 1. The molecule has 0 bridgehead atoms. The molecule has 0 saturated carbocycles. The molecule has 0 unspecified atom stereocenters. The van der Waals surface area contributed by atoms with Crippen molar-refractivity contribution >= 4 is 11.9 Å². The predicted octanol–water partition coefficient (Wildman–Crippen LogP) is 1.42. The zero-order valence-corrected chi connectivity index (χ0v) is 12.7. The highest BCUT2D eigenvalue weighted by Crippen LogP contribution is 2.11. The summed E-state index contributed by atoms with van der Waals surface area (Å²) >= 11 is 0. The average molecular weight is 272 g/mol. The molecule has 0 aliphatic heterocycles. The fourth-order valence-corrected chi connectivity index (χ4v) is 1.91. The van der Waals surface area contributed by atoms with Crippen LogP contribution in [0.25, 0.3) is 0 Å². The Morgan fingerprint density at radius 2 is 1.89 bits per heavy atom. The average Bonchev–Trinajstić information content (AvgIpc) is 2.43. The molecule has 1 N–H and O–H groups in total. The summed E-state index contributed by atoms with van der Waals surface area (Å²) in [6.45, 7) is 5.72. The van der Waals surface area contributed by atoms with E-state index in [-0.39, 0.29) is 18.4 Å². The number of methoxy groups -OCH3 is 1. The molecular weight excluding hydrogens is 244 g/mol. The van der Waals surface area contributed by atoms with Crippen LogP contribution in [0.5, 0.6) is 0 Å².